The fourth-order valence-electron chi connectivity index (χ4n) is 12.2. The molecule has 2 heterocycles. The molecule has 12 atom stereocenters. The molecular formula is C70H135NO13. The van der Waals surface area contributed by atoms with Gasteiger partial charge < -0.3 is 65.1 Å². The van der Waals surface area contributed by atoms with Gasteiger partial charge >= 0.3 is 0 Å². The van der Waals surface area contributed by atoms with Crippen LogP contribution in [0.3, 0.4) is 0 Å². The van der Waals surface area contributed by atoms with E-state index in [4.69, 9.17) is 18.9 Å². The van der Waals surface area contributed by atoms with Crippen molar-refractivity contribution in [3.05, 3.63) is 12.2 Å². The van der Waals surface area contributed by atoms with E-state index in [0.717, 1.165) is 51.4 Å². The highest BCUT2D eigenvalue weighted by Gasteiger charge is 2.51. The van der Waals surface area contributed by atoms with Crippen molar-refractivity contribution < 1.29 is 64.6 Å². The maximum absolute atomic E-state index is 13.3. The molecule has 84 heavy (non-hydrogen) atoms. The van der Waals surface area contributed by atoms with Crippen molar-refractivity contribution >= 4 is 5.91 Å². The Bertz CT molecular complexity index is 1460. The fraction of sp³-hybridized carbons (Fsp3) is 0.957. The molecule has 0 aromatic rings. The van der Waals surface area contributed by atoms with Gasteiger partial charge in [0.15, 0.2) is 12.6 Å². The van der Waals surface area contributed by atoms with Gasteiger partial charge in [-0.2, -0.15) is 0 Å². The summed E-state index contributed by atoms with van der Waals surface area (Å²) in [5, 5.41) is 87.3. The second-order valence-corrected chi connectivity index (χ2v) is 25.7. The maximum atomic E-state index is 13.3. The number of unbranched alkanes of at least 4 members (excludes halogenated alkanes) is 45. The number of aliphatic hydroxyl groups excluding tert-OH is 8. The summed E-state index contributed by atoms with van der Waals surface area (Å²) in [5.74, 6) is -0.201. The second-order valence-electron chi connectivity index (χ2n) is 25.7. The van der Waals surface area contributed by atoms with Crippen LogP contribution in [0.25, 0.3) is 0 Å². The van der Waals surface area contributed by atoms with Crippen LogP contribution in [0.1, 0.15) is 335 Å². The van der Waals surface area contributed by atoms with Crippen LogP contribution in [0.15, 0.2) is 12.2 Å². The van der Waals surface area contributed by atoms with Crippen LogP contribution in [0.5, 0.6) is 0 Å². The van der Waals surface area contributed by atoms with E-state index in [1.54, 1.807) is 0 Å². The molecule has 0 bridgehead atoms. The quantitative estimate of drug-likeness (QED) is 0.0204. The van der Waals surface area contributed by atoms with Crippen molar-refractivity contribution in [2.45, 2.75) is 408 Å². The third-order valence-electron chi connectivity index (χ3n) is 18.0. The SMILES string of the molecule is CCCCCCCCCC/C=C\CCCCCCCCCCCCCCCCCCCCCCCCCCCCCC(=O)NC(COC1OC(CO)C(OC2OC(CO)C(O)C(O)C2O)C(O)C1O)C(O)CCCCCCCCCCCCC. The minimum Gasteiger partial charge on any atom is -0.394 e. The predicted molar refractivity (Wildman–Crippen MR) is 342 cm³/mol. The fourth-order valence-corrected chi connectivity index (χ4v) is 12.2. The van der Waals surface area contributed by atoms with Gasteiger partial charge in [-0.15, -0.1) is 0 Å². The van der Waals surface area contributed by atoms with Crippen molar-refractivity contribution in [2.24, 2.45) is 0 Å². The molecule has 14 heteroatoms. The zero-order valence-corrected chi connectivity index (χ0v) is 54.2. The first-order chi connectivity index (χ1) is 41.1. The average Bonchev–Trinajstić information content (AvgIpc) is 3.59. The molecule has 0 spiro atoms. The van der Waals surface area contributed by atoms with Crippen LogP contribution < -0.4 is 5.32 Å². The molecule has 0 aromatic heterocycles. The zero-order chi connectivity index (χ0) is 60.9. The second kappa shape index (κ2) is 55.8. The van der Waals surface area contributed by atoms with Gasteiger partial charge in [-0.1, -0.05) is 302 Å². The van der Waals surface area contributed by atoms with Crippen LogP contribution in [0, 0.1) is 0 Å². The molecule has 0 aromatic carbocycles. The highest BCUT2D eigenvalue weighted by Crippen LogP contribution is 2.30. The lowest BCUT2D eigenvalue weighted by atomic mass is 9.97. The molecule has 0 radical (unpaired) electrons. The molecule has 9 N–H and O–H groups in total. The van der Waals surface area contributed by atoms with E-state index < -0.39 is 86.8 Å². The summed E-state index contributed by atoms with van der Waals surface area (Å²) < 4.78 is 22.8. The highest BCUT2D eigenvalue weighted by atomic mass is 16.7. The van der Waals surface area contributed by atoms with Gasteiger partial charge in [0.1, 0.15) is 48.8 Å². The Labute approximate surface area is 514 Å². The Morgan fingerprint density at radius 2 is 0.750 bits per heavy atom. The third-order valence-corrected chi connectivity index (χ3v) is 18.0. The summed E-state index contributed by atoms with van der Waals surface area (Å²) in [5.41, 5.74) is 0. The van der Waals surface area contributed by atoms with E-state index in [1.165, 1.54) is 257 Å². The average molecular weight is 1200 g/mol. The van der Waals surface area contributed by atoms with Gasteiger partial charge in [0.05, 0.1) is 32.0 Å². The molecule has 2 aliphatic heterocycles. The van der Waals surface area contributed by atoms with Crippen molar-refractivity contribution in [1.29, 1.82) is 0 Å². The lowest BCUT2D eigenvalue weighted by molar-refractivity contribution is -0.359. The largest absolute Gasteiger partial charge is 0.394 e. The Morgan fingerprint density at radius 3 is 1.13 bits per heavy atom. The molecule has 2 aliphatic rings. The van der Waals surface area contributed by atoms with Crippen molar-refractivity contribution in [1.82, 2.24) is 5.32 Å². The topological polar surface area (TPSA) is 228 Å². The first-order valence-electron chi connectivity index (χ1n) is 35.9. The number of allylic oxidation sites excluding steroid dienone is 2. The summed E-state index contributed by atoms with van der Waals surface area (Å²) in [6.07, 6.45) is 51.4. The smallest absolute Gasteiger partial charge is 0.220 e. The summed E-state index contributed by atoms with van der Waals surface area (Å²) in [6.45, 7) is 2.88. The van der Waals surface area contributed by atoms with Crippen LogP contribution in [-0.2, 0) is 23.7 Å². The van der Waals surface area contributed by atoms with E-state index >= 15 is 0 Å². The number of carbonyl (C=O) groups is 1. The van der Waals surface area contributed by atoms with Crippen LogP contribution >= 0.6 is 0 Å². The molecule has 0 saturated carbocycles. The first kappa shape index (κ1) is 78.8. The summed E-state index contributed by atoms with van der Waals surface area (Å²) in [6, 6.07) is -0.823. The first-order valence-corrected chi connectivity index (χ1v) is 35.9. The Hall–Kier alpha value is -1.27. The number of ether oxygens (including phenoxy) is 4. The number of hydrogen-bond acceptors (Lipinski definition) is 13. The van der Waals surface area contributed by atoms with E-state index in [0.29, 0.717) is 12.8 Å². The van der Waals surface area contributed by atoms with E-state index in [1.807, 2.05) is 0 Å². The van der Waals surface area contributed by atoms with E-state index in [9.17, 15) is 45.6 Å². The van der Waals surface area contributed by atoms with Gasteiger partial charge in [0.25, 0.3) is 0 Å². The Morgan fingerprint density at radius 1 is 0.417 bits per heavy atom. The summed E-state index contributed by atoms with van der Waals surface area (Å²) in [4.78, 5) is 13.3. The molecule has 2 rings (SSSR count). The summed E-state index contributed by atoms with van der Waals surface area (Å²) in [7, 11) is 0. The minimum absolute atomic E-state index is 0.201. The van der Waals surface area contributed by atoms with Gasteiger partial charge in [-0.05, 0) is 38.5 Å². The lowest BCUT2D eigenvalue weighted by Gasteiger charge is -2.46. The van der Waals surface area contributed by atoms with E-state index in [-0.39, 0.29) is 12.5 Å². The number of amides is 1. The van der Waals surface area contributed by atoms with Gasteiger partial charge in [-0.3, -0.25) is 4.79 Å². The number of nitrogens with one attached hydrogen (secondary N) is 1. The molecule has 2 saturated heterocycles. The Balaban J connectivity index is 1.51. The van der Waals surface area contributed by atoms with Gasteiger partial charge in [-0.25, -0.2) is 0 Å². The third kappa shape index (κ3) is 39.7. The number of carbonyl (C=O) groups excluding carboxylic acids is 1. The normalized spacial score (nSPS) is 23.6. The molecule has 498 valence electrons. The van der Waals surface area contributed by atoms with E-state index in [2.05, 4.69) is 31.3 Å². The lowest BCUT2D eigenvalue weighted by Crippen LogP contribution is -2.65. The molecular weight excluding hydrogens is 1060 g/mol. The number of rotatable bonds is 60. The van der Waals surface area contributed by atoms with Crippen molar-refractivity contribution in [3.63, 3.8) is 0 Å². The van der Waals surface area contributed by atoms with Crippen molar-refractivity contribution in [2.75, 3.05) is 19.8 Å². The number of aliphatic hydroxyl groups is 8. The molecule has 0 aliphatic carbocycles. The molecule has 14 nitrogen and oxygen atoms in total. The standard InChI is InChI=1S/C70H135NO13/c1-3-5-7-9-11-13-15-16-17-18-19-20-21-22-23-24-25-26-27-28-29-30-31-32-33-34-35-36-37-38-39-40-41-42-44-46-48-50-52-54-62(75)71-58(59(74)53-51-49-47-45-43-14-12-10-8-6-4-2)57-81-69-67(80)65(78)68(61(56-73)83-69)84-70-66(79)64(77)63(76)60(55-72)82-70/h18-19,58-61,63-70,72-74,76-80H,3-17,20-57H2,1-2H3,(H,71,75)/b19-18-. The summed E-state index contributed by atoms with van der Waals surface area (Å²) >= 11 is 0. The predicted octanol–water partition coefficient (Wildman–Crippen LogP) is 14.6. The van der Waals surface area contributed by atoms with Crippen LogP contribution in [-0.4, -0.2) is 140 Å². The van der Waals surface area contributed by atoms with Crippen LogP contribution in [0.4, 0.5) is 0 Å². The molecule has 12 unspecified atom stereocenters. The Kier molecular flexibility index (Phi) is 52.3. The zero-order valence-electron chi connectivity index (χ0n) is 54.2. The van der Waals surface area contributed by atoms with Crippen molar-refractivity contribution in [3.8, 4) is 0 Å². The monoisotopic (exact) mass is 1200 g/mol. The van der Waals surface area contributed by atoms with Crippen LogP contribution in [0.2, 0.25) is 0 Å². The van der Waals surface area contributed by atoms with Gasteiger partial charge in [0.2, 0.25) is 5.91 Å². The number of hydrogen-bond donors (Lipinski definition) is 9. The van der Waals surface area contributed by atoms with Gasteiger partial charge in [0, 0.05) is 6.42 Å². The minimum atomic E-state index is -1.78. The molecule has 2 fully saturated rings. The highest BCUT2D eigenvalue weighted by molar-refractivity contribution is 5.76. The maximum Gasteiger partial charge on any atom is 0.220 e. The molecule has 1 amide bonds.